The summed E-state index contributed by atoms with van der Waals surface area (Å²) in [6, 6.07) is 0. The summed E-state index contributed by atoms with van der Waals surface area (Å²) in [5.74, 6) is 0. The van der Waals surface area contributed by atoms with Crippen LogP contribution in [0, 0.1) is 0 Å². The first-order chi connectivity index (χ1) is 4.83. The molecule has 0 heterocycles. The molecule has 1 rings (SSSR count). The van der Waals surface area contributed by atoms with E-state index < -0.39 is 0 Å². The van der Waals surface area contributed by atoms with Gasteiger partial charge in [0.15, 0.2) is 0 Å². The molecule has 0 aromatic rings. The average molecular weight is 143 g/mol. The summed E-state index contributed by atoms with van der Waals surface area (Å²) in [4.78, 5) is 0. The fraction of sp³-hybridized carbons (Fsp3) is 1.00. The van der Waals surface area contributed by atoms with Gasteiger partial charge in [0.25, 0.3) is 0 Å². The predicted octanol–water partition coefficient (Wildman–Crippen LogP) is 1.29. The second kappa shape index (κ2) is 3.35. The Labute approximate surface area is 62.7 Å². The molecule has 0 amide bonds. The second-order valence-corrected chi connectivity index (χ2v) is 3.09. The van der Waals surface area contributed by atoms with E-state index >= 15 is 0 Å². The Balaban J connectivity index is 2.20. The molecule has 0 saturated heterocycles. The minimum atomic E-state index is 0.0933. The van der Waals surface area contributed by atoms with E-state index in [-0.39, 0.29) is 5.60 Å². The molecule has 1 saturated carbocycles. The maximum Gasteiger partial charge on any atom is 0.0804 e. The number of ether oxygens (including phenoxy) is 1. The Hall–Kier alpha value is -0.0800. The van der Waals surface area contributed by atoms with E-state index in [0.717, 1.165) is 13.0 Å². The van der Waals surface area contributed by atoms with Crippen molar-refractivity contribution in [2.45, 2.75) is 38.2 Å². The summed E-state index contributed by atoms with van der Waals surface area (Å²) in [7, 11) is 0. The van der Waals surface area contributed by atoms with E-state index in [1.807, 2.05) is 0 Å². The molecule has 1 aliphatic carbocycles. The van der Waals surface area contributed by atoms with Crippen molar-refractivity contribution in [2.24, 2.45) is 5.73 Å². The van der Waals surface area contributed by atoms with Crippen LogP contribution >= 0.6 is 0 Å². The van der Waals surface area contributed by atoms with Gasteiger partial charge in [-0.1, -0.05) is 6.92 Å². The lowest BCUT2D eigenvalue weighted by molar-refractivity contribution is -0.0917. The third-order valence-electron chi connectivity index (χ3n) is 2.25. The van der Waals surface area contributed by atoms with Crippen LogP contribution in [0.2, 0.25) is 0 Å². The molecule has 0 unspecified atom stereocenters. The third kappa shape index (κ3) is 1.50. The van der Waals surface area contributed by atoms with Gasteiger partial charge in [-0.2, -0.15) is 0 Å². The minimum Gasteiger partial charge on any atom is -0.374 e. The quantitative estimate of drug-likeness (QED) is 0.643. The van der Waals surface area contributed by atoms with Crippen LogP contribution in [-0.2, 0) is 4.74 Å². The maximum atomic E-state index is 5.64. The highest BCUT2D eigenvalue weighted by Gasteiger charge is 2.36. The van der Waals surface area contributed by atoms with Crippen molar-refractivity contribution in [3.63, 3.8) is 0 Å². The Morgan fingerprint density at radius 1 is 1.50 bits per heavy atom. The number of hydrogen-bond acceptors (Lipinski definition) is 2. The van der Waals surface area contributed by atoms with Crippen molar-refractivity contribution in [1.29, 1.82) is 0 Å². The van der Waals surface area contributed by atoms with Crippen LogP contribution in [0.3, 0.4) is 0 Å². The monoisotopic (exact) mass is 143 g/mol. The zero-order valence-electron chi connectivity index (χ0n) is 6.73. The zero-order valence-corrected chi connectivity index (χ0v) is 6.73. The van der Waals surface area contributed by atoms with Gasteiger partial charge in [0.05, 0.1) is 5.60 Å². The van der Waals surface area contributed by atoms with Gasteiger partial charge in [-0.15, -0.1) is 0 Å². The van der Waals surface area contributed by atoms with Crippen LogP contribution in [0.15, 0.2) is 0 Å². The lowest BCUT2D eigenvalue weighted by Crippen LogP contribution is -2.47. The van der Waals surface area contributed by atoms with Crippen molar-refractivity contribution in [3.05, 3.63) is 0 Å². The first-order valence-corrected chi connectivity index (χ1v) is 4.17. The van der Waals surface area contributed by atoms with Crippen LogP contribution in [0.25, 0.3) is 0 Å². The summed E-state index contributed by atoms with van der Waals surface area (Å²) in [6.45, 7) is 3.70. The largest absolute Gasteiger partial charge is 0.374 e. The standard InChI is InChI=1S/C8H17NO/c1-2-6-10-8(7-9)4-3-5-8/h2-7,9H2,1H3. The van der Waals surface area contributed by atoms with Crippen LogP contribution in [0.1, 0.15) is 32.6 Å². The minimum absolute atomic E-state index is 0.0933. The molecule has 1 fully saturated rings. The van der Waals surface area contributed by atoms with E-state index in [0.29, 0.717) is 6.54 Å². The molecule has 0 atom stereocenters. The molecule has 2 nitrogen and oxygen atoms in total. The number of hydrogen-bond donors (Lipinski definition) is 1. The Kier molecular flexibility index (Phi) is 2.69. The normalized spacial score (nSPS) is 22.2. The summed E-state index contributed by atoms with van der Waals surface area (Å²) in [6.07, 6.45) is 4.73. The second-order valence-electron chi connectivity index (χ2n) is 3.09. The fourth-order valence-electron chi connectivity index (χ4n) is 1.30. The smallest absolute Gasteiger partial charge is 0.0804 e. The van der Waals surface area contributed by atoms with Crippen LogP contribution in [0.5, 0.6) is 0 Å². The van der Waals surface area contributed by atoms with Gasteiger partial charge in [-0.05, 0) is 25.7 Å². The molecule has 0 radical (unpaired) electrons. The highest BCUT2D eigenvalue weighted by atomic mass is 16.5. The van der Waals surface area contributed by atoms with Gasteiger partial charge in [0, 0.05) is 13.2 Å². The first-order valence-electron chi connectivity index (χ1n) is 4.17. The molecular formula is C8H17NO. The first kappa shape index (κ1) is 8.02. The van der Waals surface area contributed by atoms with E-state index in [1.165, 1.54) is 19.3 Å². The van der Waals surface area contributed by atoms with Gasteiger partial charge in [-0.25, -0.2) is 0 Å². The van der Waals surface area contributed by atoms with Gasteiger partial charge in [0.2, 0.25) is 0 Å². The van der Waals surface area contributed by atoms with Crippen LogP contribution < -0.4 is 5.73 Å². The topological polar surface area (TPSA) is 35.2 Å². The van der Waals surface area contributed by atoms with Crippen LogP contribution in [-0.4, -0.2) is 18.8 Å². The lowest BCUT2D eigenvalue weighted by Gasteiger charge is -2.40. The number of nitrogens with two attached hydrogens (primary N) is 1. The van der Waals surface area contributed by atoms with Gasteiger partial charge in [-0.3, -0.25) is 0 Å². The SMILES string of the molecule is CCCOC1(CN)CCC1. The Morgan fingerprint density at radius 3 is 2.50 bits per heavy atom. The van der Waals surface area contributed by atoms with Crippen molar-refractivity contribution < 1.29 is 4.74 Å². The van der Waals surface area contributed by atoms with Crippen LogP contribution in [0.4, 0.5) is 0 Å². The van der Waals surface area contributed by atoms with Crippen molar-refractivity contribution >= 4 is 0 Å². The summed E-state index contributed by atoms with van der Waals surface area (Å²) >= 11 is 0. The highest BCUT2D eigenvalue weighted by Crippen LogP contribution is 2.34. The van der Waals surface area contributed by atoms with E-state index in [2.05, 4.69) is 6.92 Å². The molecule has 60 valence electrons. The predicted molar refractivity (Wildman–Crippen MR) is 41.9 cm³/mol. The summed E-state index contributed by atoms with van der Waals surface area (Å²) < 4.78 is 5.64. The molecule has 0 aliphatic heterocycles. The molecular weight excluding hydrogens is 126 g/mol. The Morgan fingerprint density at radius 2 is 2.20 bits per heavy atom. The fourth-order valence-corrected chi connectivity index (χ4v) is 1.30. The number of rotatable bonds is 4. The molecule has 0 aromatic heterocycles. The summed E-state index contributed by atoms with van der Waals surface area (Å²) in [5, 5.41) is 0. The van der Waals surface area contributed by atoms with Gasteiger partial charge < -0.3 is 10.5 Å². The average Bonchev–Trinajstić information content (AvgIpc) is 1.87. The Bertz CT molecular complexity index is 93.9. The maximum absolute atomic E-state index is 5.64. The van der Waals surface area contributed by atoms with Gasteiger partial charge >= 0.3 is 0 Å². The molecule has 0 spiro atoms. The van der Waals surface area contributed by atoms with E-state index in [9.17, 15) is 0 Å². The molecule has 2 N–H and O–H groups in total. The van der Waals surface area contributed by atoms with E-state index in [4.69, 9.17) is 10.5 Å². The molecule has 1 aliphatic rings. The molecule has 10 heavy (non-hydrogen) atoms. The highest BCUT2D eigenvalue weighted by molar-refractivity contribution is 4.90. The van der Waals surface area contributed by atoms with E-state index in [1.54, 1.807) is 0 Å². The lowest BCUT2D eigenvalue weighted by atomic mass is 9.80. The molecule has 2 heteroatoms. The third-order valence-corrected chi connectivity index (χ3v) is 2.25. The van der Waals surface area contributed by atoms with Crippen molar-refractivity contribution in [3.8, 4) is 0 Å². The van der Waals surface area contributed by atoms with Gasteiger partial charge in [0.1, 0.15) is 0 Å². The summed E-state index contributed by atoms with van der Waals surface area (Å²) in [5.41, 5.74) is 5.68. The van der Waals surface area contributed by atoms with Crippen molar-refractivity contribution in [2.75, 3.05) is 13.2 Å². The zero-order chi connectivity index (χ0) is 7.45. The van der Waals surface area contributed by atoms with Crippen molar-refractivity contribution in [1.82, 2.24) is 0 Å². The molecule has 0 aromatic carbocycles. The molecule has 0 bridgehead atoms.